The van der Waals surface area contributed by atoms with Gasteiger partial charge in [-0.1, -0.05) is 6.92 Å². The van der Waals surface area contributed by atoms with Gasteiger partial charge in [-0.25, -0.2) is 14.6 Å². The number of hydrogen-bond acceptors (Lipinski definition) is 3. The summed E-state index contributed by atoms with van der Waals surface area (Å²) in [5, 5.41) is 17.7. The van der Waals surface area contributed by atoms with Crippen LogP contribution < -0.4 is 0 Å². The van der Waals surface area contributed by atoms with E-state index in [1.165, 1.54) is 6.20 Å². The van der Waals surface area contributed by atoms with Crippen molar-refractivity contribution in [3.05, 3.63) is 28.6 Å². The number of rotatable bonds is 3. The quantitative estimate of drug-likeness (QED) is 0.784. The van der Waals surface area contributed by atoms with Gasteiger partial charge in [0.2, 0.25) is 0 Å². The molecular formula is C10H11NO4. The summed E-state index contributed by atoms with van der Waals surface area (Å²) < 4.78 is 0. The zero-order chi connectivity index (χ0) is 11.6. The van der Waals surface area contributed by atoms with Crippen LogP contribution in [0.15, 0.2) is 6.20 Å². The maximum Gasteiger partial charge on any atom is 0.355 e. The Balaban J connectivity index is 3.51. The fourth-order valence-corrected chi connectivity index (χ4v) is 1.42. The smallest absolute Gasteiger partial charge is 0.355 e. The number of carboxylic acid groups (broad SMARTS) is 2. The van der Waals surface area contributed by atoms with Crippen LogP contribution in [0.1, 0.15) is 38.9 Å². The molecule has 0 aliphatic carbocycles. The molecule has 0 amide bonds. The number of aromatic nitrogens is 1. The first-order valence-corrected chi connectivity index (χ1v) is 4.44. The summed E-state index contributed by atoms with van der Waals surface area (Å²) in [6, 6.07) is 0. The first-order valence-electron chi connectivity index (χ1n) is 4.44. The molecule has 0 spiro atoms. The fraction of sp³-hybridized carbons (Fsp3) is 0.300. The minimum absolute atomic E-state index is 0.221. The molecule has 0 bridgehead atoms. The van der Waals surface area contributed by atoms with Gasteiger partial charge in [-0.3, -0.25) is 0 Å². The predicted octanol–water partition coefficient (Wildman–Crippen LogP) is 1.35. The first kappa shape index (κ1) is 11.2. The number of pyridine rings is 1. The van der Waals surface area contributed by atoms with Gasteiger partial charge < -0.3 is 10.2 Å². The minimum atomic E-state index is -1.32. The molecule has 0 radical (unpaired) electrons. The molecule has 1 heterocycles. The van der Waals surface area contributed by atoms with Crippen molar-refractivity contribution in [3.63, 3.8) is 0 Å². The Bertz CT molecular complexity index is 426. The zero-order valence-electron chi connectivity index (χ0n) is 8.44. The lowest BCUT2D eigenvalue weighted by molar-refractivity contribution is 0.0645. The summed E-state index contributed by atoms with van der Waals surface area (Å²) in [5.41, 5.74) is 0.592. The number of carboxylic acids is 2. The highest BCUT2D eigenvalue weighted by Gasteiger charge is 2.21. The van der Waals surface area contributed by atoms with Gasteiger partial charge in [-0.05, 0) is 24.5 Å². The largest absolute Gasteiger partial charge is 0.478 e. The van der Waals surface area contributed by atoms with Crippen LogP contribution in [0.25, 0.3) is 0 Å². The monoisotopic (exact) mass is 209 g/mol. The van der Waals surface area contributed by atoms with E-state index in [-0.39, 0.29) is 5.56 Å². The average Bonchev–Trinajstić information content (AvgIpc) is 2.16. The average molecular weight is 209 g/mol. The molecule has 1 aromatic rings. The summed E-state index contributed by atoms with van der Waals surface area (Å²) in [6.07, 6.45) is 2.03. The third-order valence-electron chi connectivity index (χ3n) is 2.24. The molecule has 0 atom stereocenters. The highest BCUT2D eigenvalue weighted by Crippen LogP contribution is 2.17. The summed E-state index contributed by atoms with van der Waals surface area (Å²) in [5.74, 6) is -2.58. The van der Waals surface area contributed by atoms with E-state index >= 15 is 0 Å². The molecule has 5 heteroatoms. The second-order valence-electron chi connectivity index (χ2n) is 3.10. The SMILES string of the molecule is CCc1cnc(C(=O)O)c(C(=O)O)c1C. The molecular weight excluding hydrogens is 198 g/mol. The molecule has 0 aliphatic rings. The maximum absolute atomic E-state index is 10.9. The Labute approximate surface area is 86.4 Å². The molecule has 0 aromatic carbocycles. The van der Waals surface area contributed by atoms with Crippen molar-refractivity contribution in [3.8, 4) is 0 Å². The zero-order valence-corrected chi connectivity index (χ0v) is 8.44. The third kappa shape index (κ3) is 1.96. The minimum Gasteiger partial charge on any atom is -0.478 e. The highest BCUT2D eigenvalue weighted by atomic mass is 16.4. The van der Waals surface area contributed by atoms with E-state index in [0.717, 1.165) is 5.56 Å². The van der Waals surface area contributed by atoms with Crippen LogP contribution in [0.5, 0.6) is 0 Å². The Morgan fingerprint density at radius 3 is 2.33 bits per heavy atom. The van der Waals surface area contributed by atoms with Gasteiger partial charge in [0.05, 0.1) is 5.56 Å². The summed E-state index contributed by atoms with van der Waals surface area (Å²) >= 11 is 0. The number of nitrogens with zero attached hydrogens (tertiary/aromatic N) is 1. The predicted molar refractivity (Wildman–Crippen MR) is 52.3 cm³/mol. The molecule has 0 aliphatic heterocycles. The lowest BCUT2D eigenvalue weighted by Crippen LogP contribution is -2.14. The molecule has 1 aromatic heterocycles. The highest BCUT2D eigenvalue weighted by molar-refractivity contribution is 6.01. The van der Waals surface area contributed by atoms with Crippen molar-refractivity contribution < 1.29 is 19.8 Å². The second kappa shape index (κ2) is 4.08. The van der Waals surface area contributed by atoms with Crippen LogP contribution in [0.4, 0.5) is 0 Å². The Kier molecular flexibility index (Phi) is 3.04. The molecule has 0 saturated carbocycles. The van der Waals surface area contributed by atoms with E-state index in [2.05, 4.69) is 4.98 Å². The molecule has 0 unspecified atom stereocenters. The van der Waals surface area contributed by atoms with Gasteiger partial charge in [-0.2, -0.15) is 0 Å². The number of hydrogen-bond donors (Lipinski definition) is 2. The van der Waals surface area contributed by atoms with Crippen molar-refractivity contribution in [1.29, 1.82) is 0 Å². The number of aryl methyl sites for hydroxylation is 1. The standard InChI is InChI=1S/C10H11NO4/c1-3-6-4-11-8(10(14)15)7(5(6)2)9(12)13/h4H,3H2,1-2H3,(H,12,13)(H,14,15). The van der Waals surface area contributed by atoms with Gasteiger partial charge in [0.1, 0.15) is 0 Å². The van der Waals surface area contributed by atoms with Crippen LogP contribution >= 0.6 is 0 Å². The fourth-order valence-electron chi connectivity index (χ4n) is 1.42. The molecule has 80 valence electrons. The van der Waals surface area contributed by atoms with Crippen molar-refractivity contribution in [2.24, 2.45) is 0 Å². The maximum atomic E-state index is 10.9. The van der Waals surface area contributed by atoms with Crippen molar-refractivity contribution in [2.75, 3.05) is 0 Å². The van der Waals surface area contributed by atoms with Crippen LogP contribution in [0.3, 0.4) is 0 Å². The van der Waals surface area contributed by atoms with Crippen LogP contribution in [0, 0.1) is 6.92 Å². The number of carbonyl (C=O) groups is 2. The van der Waals surface area contributed by atoms with Crippen molar-refractivity contribution >= 4 is 11.9 Å². The van der Waals surface area contributed by atoms with Crippen LogP contribution in [-0.4, -0.2) is 27.1 Å². The van der Waals surface area contributed by atoms with Gasteiger partial charge in [-0.15, -0.1) is 0 Å². The van der Waals surface area contributed by atoms with E-state index in [9.17, 15) is 9.59 Å². The topological polar surface area (TPSA) is 87.5 Å². The molecule has 1 rings (SSSR count). The second-order valence-corrected chi connectivity index (χ2v) is 3.10. The third-order valence-corrected chi connectivity index (χ3v) is 2.24. The van der Waals surface area contributed by atoms with E-state index in [1.54, 1.807) is 6.92 Å². The lowest BCUT2D eigenvalue weighted by atomic mass is 10.0. The van der Waals surface area contributed by atoms with E-state index in [4.69, 9.17) is 10.2 Å². The summed E-state index contributed by atoms with van der Waals surface area (Å²) in [4.78, 5) is 25.3. The van der Waals surface area contributed by atoms with E-state index in [1.807, 2.05) is 6.92 Å². The molecule has 0 fully saturated rings. The molecule has 2 N–H and O–H groups in total. The summed E-state index contributed by atoms with van der Waals surface area (Å²) in [6.45, 7) is 3.45. The summed E-state index contributed by atoms with van der Waals surface area (Å²) in [7, 11) is 0. The Morgan fingerprint density at radius 2 is 1.93 bits per heavy atom. The van der Waals surface area contributed by atoms with E-state index < -0.39 is 17.6 Å². The van der Waals surface area contributed by atoms with Gasteiger partial charge in [0, 0.05) is 6.20 Å². The van der Waals surface area contributed by atoms with Crippen LogP contribution in [0.2, 0.25) is 0 Å². The van der Waals surface area contributed by atoms with Gasteiger partial charge in [0.25, 0.3) is 0 Å². The lowest BCUT2D eigenvalue weighted by Gasteiger charge is -2.08. The van der Waals surface area contributed by atoms with Crippen LogP contribution in [-0.2, 0) is 6.42 Å². The molecule has 15 heavy (non-hydrogen) atoms. The first-order chi connectivity index (χ1) is 6.99. The van der Waals surface area contributed by atoms with Gasteiger partial charge >= 0.3 is 11.9 Å². The normalized spacial score (nSPS) is 10.0. The Morgan fingerprint density at radius 1 is 1.33 bits per heavy atom. The Hall–Kier alpha value is -1.91. The van der Waals surface area contributed by atoms with Crippen molar-refractivity contribution in [2.45, 2.75) is 20.3 Å². The number of aromatic carboxylic acids is 2. The van der Waals surface area contributed by atoms with E-state index in [0.29, 0.717) is 12.0 Å². The van der Waals surface area contributed by atoms with Crippen molar-refractivity contribution in [1.82, 2.24) is 4.98 Å². The molecule has 5 nitrogen and oxygen atoms in total. The van der Waals surface area contributed by atoms with Gasteiger partial charge in [0.15, 0.2) is 5.69 Å². The molecule has 0 saturated heterocycles.